The average molecular weight is 411 g/mol. The summed E-state index contributed by atoms with van der Waals surface area (Å²) < 4.78 is 5.17. The van der Waals surface area contributed by atoms with Crippen molar-refractivity contribution in [2.45, 2.75) is 65.9 Å². The topological polar surface area (TPSA) is 87.7 Å². The Morgan fingerprint density at radius 3 is 2.60 bits per heavy atom. The van der Waals surface area contributed by atoms with Crippen LogP contribution in [0.5, 0.6) is 0 Å². The van der Waals surface area contributed by atoms with Crippen molar-refractivity contribution in [3.8, 4) is 0 Å². The Morgan fingerprint density at radius 2 is 1.87 bits per heavy atom. The molecule has 160 valence electrons. The Hall–Kier alpha value is -2.96. The van der Waals surface area contributed by atoms with Crippen LogP contribution in [0, 0.1) is 13.8 Å². The zero-order chi connectivity index (χ0) is 21.8. The maximum absolute atomic E-state index is 12.4. The third-order valence-corrected chi connectivity index (χ3v) is 5.17. The Kier molecular flexibility index (Phi) is 6.70. The number of esters is 1. The Morgan fingerprint density at radius 1 is 1.17 bits per heavy atom. The van der Waals surface area contributed by atoms with Gasteiger partial charge in [0.25, 0.3) is 5.56 Å². The third kappa shape index (κ3) is 4.96. The number of rotatable bonds is 8. The van der Waals surface area contributed by atoms with E-state index in [2.05, 4.69) is 39.4 Å². The minimum absolute atomic E-state index is 0.0668. The lowest BCUT2D eigenvalue weighted by Crippen LogP contribution is -2.42. The number of H-pyrrole nitrogens is 1. The van der Waals surface area contributed by atoms with Gasteiger partial charge in [-0.2, -0.15) is 0 Å². The standard InChI is InChI=1S/C23H30N4O3/c1-14(2)30-20(28)10-8-6-7-9-11-27-19-13-16(4)15(3)12-18(19)26-21-22(27)24-17(5)25-23(21)29/h12-14H,5-11H2,1-4H3,(H,25,29). The number of hydrogen-bond donors (Lipinski definition) is 1. The summed E-state index contributed by atoms with van der Waals surface area (Å²) in [5.74, 6) is 0.419. The van der Waals surface area contributed by atoms with Crippen molar-refractivity contribution in [1.82, 2.24) is 9.97 Å². The van der Waals surface area contributed by atoms with E-state index in [4.69, 9.17) is 4.74 Å². The van der Waals surface area contributed by atoms with Crippen LogP contribution in [-0.4, -0.2) is 28.6 Å². The molecule has 0 spiro atoms. The molecule has 7 nitrogen and oxygen atoms in total. The summed E-state index contributed by atoms with van der Waals surface area (Å²) in [5.41, 5.74) is 4.10. The highest BCUT2D eigenvalue weighted by atomic mass is 16.5. The molecule has 0 aliphatic carbocycles. The number of aromatic amines is 1. The van der Waals surface area contributed by atoms with Crippen LogP contribution in [0.25, 0.3) is 6.58 Å². The molecule has 2 aromatic rings. The molecule has 0 bridgehead atoms. The lowest BCUT2D eigenvalue weighted by molar-refractivity contribution is -0.147. The van der Waals surface area contributed by atoms with Crippen molar-refractivity contribution in [3.63, 3.8) is 0 Å². The molecule has 1 aromatic heterocycles. The summed E-state index contributed by atoms with van der Waals surface area (Å²) >= 11 is 0. The first kappa shape index (κ1) is 21.7. The van der Waals surface area contributed by atoms with Gasteiger partial charge in [-0.3, -0.25) is 9.59 Å². The van der Waals surface area contributed by atoms with E-state index in [0.29, 0.717) is 29.6 Å². The van der Waals surface area contributed by atoms with Crippen molar-refractivity contribution >= 4 is 29.7 Å². The Balaban J connectivity index is 1.73. The summed E-state index contributed by atoms with van der Waals surface area (Å²) in [6, 6.07) is 4.11. The first-order valence-corrected chi connectivity index (χ1v) is 10.5. The molecule has 3 rings (SSSR count). The van der Waals surface area contributed by atoms with Gasteiger partial charge in [-0.05, 0) is 63.8 Å². The number of benzene rings is 1. The Labute approximate surface area is 176 Å². The van der Waals surface area contributed by atoms with Gasteiger partial charge in [0.1, 0.15) is 5.48 Å². The fraction of sp³-hybridized carbons (Fsp3) is 0.478. The molecule has 0 fully saturated rings. The SMILES string of the molecule is C=c1nc2c(c(=O)[nH]1)=Nc1cc(C)c(C)cc1N2CCCCCCC(=O)OC(C)C. The minimum Gasteiger partial charge on any atom is -0.463 e. The monoisotopic (exact) mass is 410 g/mol. The van der Waals surface area contributed by atoms with Gasteiger partial charge in [-0.25, -0.2) is 9.98 Å². The van der Waals surface area contributed by atoms with E-state index in [1.807, 2.05) is 26.8 Å². The minimum atomic E-state index is -0.275. The van der Waals surface area contributed by atoms with Gasteiger partial charge < -0.3 is 14.6 Å². The number of carbonyl (C=O) groups excluding carboxylic acids is 1. The van der Waals surface area contributed by atoms with Crippen molar-refractivity contribution < 1.29 is 9.53 Å². The predicted octanol–water partition coefficient (Wildman–Crippen LogP) is 3.10. The molecule has 1 aliphatic heterocycles. The van der Waals surface area contributed by atoms with Crippen molar-refractivity contribution in [1.29, 1.82) is 0 Å². The molecule has 0 unspecified atom stereocenters. The number of unbranched alkanes of at least 4 members (excludes halogenated alkanes) is 3. The summed E-state index contributed by atoms with van der Waals surface area (Å²) in [7, 11) is 0. The highest BCUT2D eigenvalue weighted by Gasteiger charge is 2.23. The summed E-state index contributed by atoms with van der Waals surface area (Å²) in [6.45, 7) is 12.3. The lowest BCUT2D eigenvalue weighted by Gasteiger charge is -2.28. The van der Waals surface area contributed by atoms with Gasteiger partial charge in [-0.15, -0.1) is 0 Å². The first-order valence-electron chi connectivity index (χ1n) is 10.5. The van der Waals surface area contributed by atoms with Gasteiger partial charge in [-0.1, -0.05) is 19.4 Å². The van der Waals surface area contributed by atoms with Crippen LogP contribution in [0.2, 0.25) is 0 Å². The quantitative estimate of drug-likeness (QED) is 0.534. The molecule has 1 aliphatic rings. The molecule has 0 atom stereocenters. The van der Waals surface area contributed by atoms with E-state index >= 15 is 0 Å². The smallest absolute Gasteiger partial charge is 0.306 e. The van der Waals surface area contributed by atoms with Crippen molar-refractivity contribution in [2.75, 3.05) is 11.4 Å². The second kappa shape index (κ2) is 9.24. The molecule has 0 amide bonds. The van der Waals surface area contributed by atoms with Crippen molar-refractivity contribution in [2.24, 2.45) is 4.99 Å². The van der Waals surface area contributed by atoms with E-state index in [-0.39, 0.29) is 17.6 Å². The molecule has 0 saturated carbocycles. The van der Waals surface area contributed by atoms with Crippen LogP contribution in [0.15, 0.2) is 21.9 Å². The van der Waals surface area contributed by atoms with Crippen LogP contribution in [0.3, 0.4) is 0 Å². The number of fused-ring (bicyclic) bond motifs is 2. The second-order valence-corrected chi connectivity index (χ2v) is 8.08. The van der Waals surface area contributed by atoms with Gasteiger partial charge in [0.2, 0.25) is 0 Å². The molecular formula is C23H30N4O3. The zero-order valence-electron chi connectivity index (χ0n) is 18.2. The number of nitrogens with one attached hydrogen (secondary N) is 1. The van der Waals surface area contributed by atoms with Gasteiger partial charge in [0.05, 0.1) is 17.5 Å². The summed E-state index contributed by atoms with van der Waals surface area (Å²) in [6.07, 6.45) is 4.02. The lowest BCUT2D eigenvalue weighted by atomic mass is 10.1. The molecule has 0 saturated heterocycles. The molecule has 2 heterocycles. The molecule has 0 radical (unpaired) electrons. The van der Waals surface area contributed by atoms with Crippen LogP contribution in [-0.2, 0) is 9.53 Å². The van der Waals surface area contributed by atoms with Crippen LogP contribution in [0.4, 0.5) is 17.2 Å². The van der Waals surface area contributed by atoms with Crippen molar-refractivity contribution in [3.05, 3.63) is 44.5 Å². The van der Waals surface area contributed by atoms with Crippen LogP contribution in [0.1, 0.15) is 57.1 Å². The number of ether oxygens (including phenoxy) is 1. The highest BCUT2D eigenvalue weighted by molar-refractivity contribution is 5.77. The molecule has 1 N–H and O–H groups in total. The van der Waals surface area contributed by atoms with Crippen LogP contribution >= 0.6 is 0 Å². The highest BCUT2D eigenvalue weighted by Crippen LogP contribution is 2.36. The molecular weight excluding hydrogens is 380 g/mol. The maximum atomic E-state index is 12.4. The number of carbonyl (C=O) groups is 1. The normalized spacial score (nSPS) is 12.4. The zero-order valence-corrected chi connectivity index (χ0v) is 18.2. The number of aryl methyl sites for hydroxylation is 2. The Bertz CT molecular complexity index is 1100. The van der Waals surface area contributed by atoms with E-state index in [1.54, 1.807) is 0 Å². The maximum Gasteiger partial charge on any atom is 0.306 e. The van der Waals surface area contributed by atoms with E-state index in [0.717, 1.165) is 42.6 Å². The van der Waals surface area contributed by atoms with Crippen LogP contribution < -0.4 is 21.3 Å². The van der Waals surface area contributed by atoms with E-state index in [9.17, 15) is 9.59 Å². The number of nitrogens with zero attached hydrogens (tertiary/aromatic N) is 3. The number of anilines is 2. The molecule has 1 aromatic carbocycles. The number of hydrogen-bond acceptors (Lipinski definition) is 6. The summed E-state index contributed by atoms with van der Waals surface area (Å²) in [4.78, 5) is 37.9. The second-order valence-electron chi connectivity index (χ2n) is 8.08. The fourth-order valence-electron chi connectivity index (χ4n) is 3.56. The molecule has 7 heteroatoms. The summed E-state index contributed by atoms with van der Waals surface area (Å²) in [5, 5.41) is 0.328. The van der Waals surface area contributed by atoms with Gasteiger partial charge in [0.15, 0.2) is 11.2 Å². The fourth-order valence-corrected chi connectivity index (χ4v) is 3.56. The average Bonchev–Trinajstić information content (AvgIpc) is 2.65. The van der Waals surface area contributed by atoms with E-state index < -0.39 is 0 Å². The van der Waals surface area contributed by atoms with Gasteiger partial charge in [0, 0.05) is 13.0 Å². The first-order chi connectivity index (χ1) is 14.3. The molecule has 30 heavy (non-hydrogen) atoms. The van der Waals surface area contributed by atoms with Gasteiger partial charge >= 0.3 is 5.97 Å². The predicted molar refractivity (Wildman–Crippen MR) is 118 cm³/mol. The third-order valence-electron chi connectivity index (χ3n) is 5.17. The van der Waals surface area contributed by atoms with E-state index in [1.165, 1.54) is 5.56 Å². The number of aromatic nitrogens is 2. The largest absolute Gasteiger partial charge is 0.463 e.